The first-order valence-corrected chi connectivity index (χ1v) is 8.40. The minimum atomic E-state index is -0.698. The lowest BCUT2D eigenvalue weighted by atomic mass is 9.82. The van der Waals surface area contributed by atoms with Crippen LogP contribution in [0.5, 0.6) is 11.5 Å². The zero-order valence-electron chi connectivity index (χ0n) is 15.4. The summed E-state index contributed by atoms with van der Waals surface area (Å²) in [5.41, 5.74) is 2.15. The standard InChI is InChI=1S/C21H23NO4/c1-21(2)20(24)16-10-9-15(26-4)11-17(16)18(22-21)12-19(23)13-5-7-14(25-3)8-6-13/h5-12,20,22,24H,1-4H3. The highest BCUT2D eigenvalue weighted by atomic mass is 16.5. The first-order valence-electron chi connectivity index (χ1n) is 8.40. The molecule has 0 radical (unpaired) electrons. The number of allylic oxidation sites excluding steroid dienone is 1. The second-order valence-electron chi connectivity index (χ2n) is 6.85. The summed E-state index contributed by atoms with van der Waals surface area (Å²) < 4.78 is 10.4. The Morgan fingerprint density at radius 3 is 2.31 bits per heavy atom. The van der Waals surface area contributed by atoms with E-state index >= 15 is 0 Å². The Morgan fingerprint density at radius 1 is 1.08 bits per heavy atom. The third kappa shape index (κ3) is 3.30. The van der Waals surface area contributed by atoms with Gasteiger partial charge in [-0.25, -0.2) is 0 Å². The third-order valence-corrected chi connectivity index (χ3v) is 4.64. The number of aliphatic hydroxyl groups excluding tert-OH is 1. The molecule has 0 aromatic heterocycles. The molecule has 1 aliphatic heterocycles. The number of benzene rings is 2. The lowest BCUT2D eigenvalue weighted by Gasteiger charge is -2.40. The predicted octanol–water partition coefficient (Wildman–Crippen LogP) is 3.34. The molecule has 0 bridgehead atoms. The molecule has 0 amide bonds. The molecular weight excluding hydrogens is 330 g/mol. The van der Waals surface area contributed by atoms with Crippen LogP contribution in [-0.2, 0) is 0 Å². The predicted molar refractivity (Wildman–Crippen MR) is 100 cm³/mol. The van der Waals surface area contributed by atoms with E-state index in [1.165, 1.54) is 0 Å². The average Bonchev–Trinajstić information content (AvgIpc) is 2.65. The highest BCUT2D eigenvalue weighted by molar-refractivity contribution is 6.08. The summed E-state index contributed by atoms with van der Waals surface area (Å²) in [7, 11) is 3.17. The average molecular weight is 353 g/mol. The fraction of sp³-hybridized carbons (Fsp3) is 0.286. The molecule has 0 saturated heterocycles. The van der Waals surface area contributed by atoms with Crippen LogP contribution in [0, 0.1) is 0 Å². The molecule has 5 heteroatoms. The number of ether oxygens (including phenoxy) is 2. The quantitative estimate of drug-likeness (QED) is 0.652. The normalized spacial score (nSPS) is 19.4. The molecule has 0 spiro atoms. The van der Waals surface area contributed by atoms with Crippen LogP contribution in [0.2, 0.25) is 0 Å². The molecule has 1 atom stereocenters. The zero-order valence-corrected chi connectivity index (χ0v) is 15.4. The van der Waals surface area contributed by atoms with Crippen molar-refractivity contribution in [1.82, 2.24) is 5.32 Å². The fourth-order valence-electron chi connectivity index (χ4n) is 3.09. The van der Waals surface area contributed by atoms with Crippen molar-refractivity contribution >= 4 is 11.5 Å². The molecule has 3 rings (SSSR count). The van der Waals surface area contributed by atoms with E-state index in [2.05, 4.69) is 5.32 Å². The largest absolute Gasteiger partial charge is 0.497 e. The van der Waals surface area contributed by atoms with E-state index in [0.29, 0.717) is 22.8 Å². The number of carbonyl (C=O) groups is 1. The van der Waals surface area contributed by atoms with Crippen molar-refractivity contribution in [3.8, 4) is 11.5 Å². The Balaban J connectivity index is 2.03. The van der Waals surface area contributed by atoms with Crippen LogP contribution in [0.25, 0.3) is 5.70 Å². The van der Waals surface area contributed by atoms with E-state index in [-0.39, 0.29) is 5.78 Å². The number of rotatable bonds is 4. The van der Waals surface area contributed by atoms with E-state index < -0.39 is 11.6 Å². The molecule has 2 N–H and O–H groups in total. The van der Waals surface area contributed by atoms with Gasteiger partial charge in [0, 0.05) is 22.9 Å². The number of ketones is 1. The smallest absolute Gasteiger partial charge is 0.187 e. The lowest BCUT2D eigenvalue weighted by molar-refractivity contribution is 0.0853. The number of hydrogen-bond acceptors (Lipinski definition) is 5. The van der Waals surface area contributed by atoms with Crippen LogP contribution in [0.1, 0.15) is 41.4 Å². The Hall–Kier alpha value is -2.79. The Morgan fingerprint density at radius 2 is 1.69 bits per heavy atom. The van der Waals surface area contributed by atoms with E-state index in [0.717, 1.165) is 11.1 Å². The van der Waals surface area contributed by atoms with Gasteiger partial charge in [-0.15, -0.1) is 0 Å². The van der Waals surface area contributed by atoms with Gasteiger partial charge < -0.3 is 19.9 Å². The van der Waals surface area contributed by atoms with Crippen molar-refractivity contribution in [2.24, 2.45) is 0 Å². The van der Waals surface area contributed by atoms with Gasteiger partial charge in [-0.05, 0) is 55.8 Å². The van der Waals surface area contributed by atoms with E-state index in [4.69, 9.17) is 9.47 Å². The number of aliphatic hydroxyl groups is 1. The number of hydrogen-bond donors (Lipinski definition) is 2. The molecule has 0 saturated carbocycles. The van der Waals surface area contributed by atoms with Crippen LogP contribution in [-0.4, -0.2) is 30.6 Å². The number of fused-ring (bicyclic) bond motifs is 1. The maximum atomic E-state index is 12.7. The van der Waals surface area contributed by atoms with Gasteiger partial charge >= 0.3 is 0 Å². The minimum Gasteiger partial charge on any atom is -0.497 e. The summed E-state index contributed by atoms with van der Waals surface area (Å²) in [6.07, 6.45) is 0.866. The molecule has 2 aromatic rings. The van der Waals surface area contributed by atoms with E-state index in [1.807, 2.05) is 32.0 Å². The van der Waals surface area contributed by atoms with Gasteiger partial charge in [0.15, 0.2) is 5.78 Å². The molecular formula is C21H23NO4. The van der Waals surface area contributed by atoms with Crippen molar-refractivity contribution < 1.29 is 19.4 Å². The monoisotopic (exact) mass is 353 g/mol. The topological polar surface area (TPSA) is 67.8 Å². The van der Waals surface area contributed by atoms with Gasteiger partial charge in [0.05, 0.1) is 19.8 Å². The summed E-state index contributed by atoms with van der Waals surface area (Å²) in [4.78, 5) is 12.7. The van der Waals surface area contributed by atoms with Gasteiger partial charge in [-0.3, -0.25) is 4.79 Å². The maximum Gasteiger partial charge on any atom is 0.187 e. The van der Waals surface area contributed by atoms with Crippen molar-refractivity contribution in [2.75, 3.05) is 14.2 Å². The van der Waals surface area contributed by atoms with Gasteiger partial charge in [-0.2, -0.15) is 0 Å². The second-order valence-corrected chi connectivity index (χ2v) is 6.85. The van der Waals surface area contributed by atoms with Crippen molar-refractivity contribution in [3.05, 3.63) is 65.2 Å². The van der Waals surface area contributed by atoms with Crippen molar-refractivity contribution in [2.45, 2.75) is 25.5 Å². The van der Waals surface area contributed by atoms with Crippen molar-refractivity contribution in [3.63, 3.8) is 0 Å². The van der Waals surface area contributed by atoms with Crippen LogP contribution in [0.4, 0.5) is 0 Å². The number of carbonyl (C=O) groups excluding carboxylic acids is 1. The highest BCUT2D eigenvalue weighted by Crippen LogP contribution is 2.39. The molecule has 5 nitrogen and oxygen atoms in total. The fourth-order valence-corrected chi connectivity index (χ4v) is 3.09. The maximum absolute atomic E-state index is 12.7. The lowest BCUT2D eigenvalue weighted by Crippen LogP contribution is -2.47. The Kier molecular flexibility index (Phi) is 4.74. The van der Waals surface area contributed by atoms with E-state index in [9.17, 15) is 9.90 Å². The van der Waals surface area contributed by atoms with Crippen LogP contribution in [0.15, 0.2) is 48.5 Å². The summed E-state index contributed by atoms with van der Waals surface area (Å²) in [6, 6.07) is 12.4. The van der Waals surface area contributed by atoms with Crippen LogP contribution < -0.4 is 14.8 Å². The first kappa shape index (κ1) is 18.0. The summed E-state index contributed by atoms with van der Waals surface area (Å²) in [5.74, 6) is 1.24. The molecule has 1 unspecified atom stereocenters. The number of nitrogens with one attached hydrogen (secondary N) is 1. The second kappa shape index (κ2) is 6.84. The Bertz CT molecular complexity index is 853. The molecule has 1 aliphatic rings. The summed E-state index contributed by atoms with van der Waals surface area (Å²) >= 11 is 0. The molecule has 0 fully saturated rings. The van der Waals surface area contributed by atoms with Crippen molar-refractivity contribution in [1.29, 1.82) is 0 Å². The van der Waals surface area contributed by atoms with E-state index in [1.54, 1.807) is 44.6 Å². The molecule has 136 valence electrons. The zero-order chi connectivity index (χ0) is 18.9. The molecule has 2 aromatic carbocycles. The molecule has 26 heavy (non-hydrogen) atoms. The van der Waals surface area contributed by atoms with Crippen LogP contribution in [0.3, 0.4) is 0 Å². The first-order chi connectivity index (χ1) is 12.4. The van der Waals surface area contributed by atoms with Gasteiger partial charge in [0.2, 0.25) is 0 Å². The minimum absolute atomic E-state index is 0.129. The summed E-state index contributed by atoms with van der Waals surface area (Å²) in [5, 5.41) is 13.9. The SMILES string of the molecule is COc1ccc(C(=O)C=C2NC(C)(C)C(O)c3ccc(OC)cc32)cc1. The summed E-state index contributed by atoms with van der Waals surface area (Å²) in [6.45, 7) is 3.80. The molecule has 0 aliphatic carbocycles. The van der Waals surface area contributed by atoms with Gasteiger partial charge in [0.1, 0.15) is 17.6 Å². The third-order valence-electron chi connectivity index (χ3n) is 4.64. The van der Waals surface area contributed by atoms with Gasteiger partial charge in [-0.1, -0.05) is 6.07 Å². The number of methoxy groups -OCH3 is 2. The highest BCUT2D eigenvalue weighted by Gasteiger charge is 2.36. The van der Waals surface area contributed by atoms with Gasteiger partial charge in [0.25, 0.3) is 0 Å². The molecule has 1 heterocycles. The Labute approximate surface area is 153 Å². The van der Waals surface area contributed by atoms with Crippen LogP contribution >= 0.6 is 0 Å².